The maximum Gasteiger partial charge on any atom is 0.126 e. The van der Waals surface area contributed by atoms with Gasteiger partial charge in [-0.3, -0.25) is 0 Å². The van der Waals surface area contributed by atoms with Gasteiger partial charge in [0.2, 0.25) is 0 Å². The Morgan fingerprint density at radius 1 is 1.19 bits per heavy atom. The van der Waals surface area contributed by atoms with Crippen molar-refractivity contribution in [3.05, 3.63) is 53.3 Å². The van der Waals surface area contributed by atoms with Gasteiger partial charge >= 0.3 is 0 Å². The number of halogens is 1. The molecule has 1 aliphatic carbocycles. The van der Waals surface area contributed by atoms with E-state index < -0.39 is 0 Å². The third kappa shape index (κ3) is 3.24. The summed E-state index contributed by atoms with van der Waals surface area (Å²) in [4.78, 5) is 0. The van der Waals surface area contributed by atoms with Gasteiger partial charge in [0.05, 0.1) is 7.11 Å². The molecule has 3 heteroatoms. The molecule has 0 bridgehead atoms. The van der Waals surface area contributed by atoms with Gasteiger partial charge in [0.15, 0.2) is 0 Å². The molecule has 1 aliphatic rings. The fourth-order valence-electron chi connectivity index (χ4n) is 2.48. The Labute approximate surface area is 125 Å². The number of hydrogen-bond donors (Lipinski definition) is 1. The topological polar surface area (TPSA) is 21.3 Å². The van der Waals surface area contributed by atoms with Gasteiger partial charge < -0.3 is 10.1 Å². The molecule has 0 radical (unpaired) electrons. The lowest BCUT2D eigenvalue weighted by molar-refractivity contribution is 0.414. The fourth-order valence-corrected chi connectivity index (χ4v) is 2.48. The van der Waals surface area contributed by atoms with Gasteiger partial charge in [0.1, 0.15) is 11.6 Å². The summed E-state index contributed by atoms with van der Waals surface area (Å²) in [5.41, 5.74) is 4.04. The van der Waals surface area contributed by atoms with E-state index in [0.29, 0.717) is 11.6 Å². The smallest absolute Gasteiger partial charge is 0.126 e. The van der Waals surface area contributed by atoms with E-state index in [-0.39, 0.29) is 5.82 Å². The van der Waals surface area contributed by atoms with Crippen LogP contribution in [-0.4, -0.2) is 13.2 Å². The van der Waals surface area contributed by atoms with E-state index in [1.165, 1.54) is 24.5 Å². The summed E-state index contributed by atoms with van der Waals surface area (Å²) in [6.07, 6.45) is 2.52. The monoisotopic (exact) mass is 285 g/mol. The molecule has 110 valence electrons. The number of nitrogens with one attached hydrogen (secondary N) is 1. The first kappa shape index (κ1) is 14.1. The maximum absolute atomic E-state index is 13.5. The zero-order chi connectivity index (χ0) is 14.8. The van der Waals surface area contributed by atoms with Crippen LogP contribution >= 0.6 is 0 Å². The third-order valence-electron chi connectivity index (χ3n) is 3.94. The van der Waals surface area contributed by atoms with Crippen LogP contribution in [0.3, 0.4) is 0 Å². The second-order valence-electron chi connectivity index (χ2n) is 5.64. The van der Waals surface area contributed by atoms with Gasteiger partial charge in [-0.1, -0.05) is 12.1 Å². The fraction of sp³-hybridized carbons (Fsp3) is 0.333. The molecule has 1 fully saturated rings. The van der Waals surface area contributed by atoms with Gasteiger partial charge in [-0.15, -0.1) is 0 Å². The highest BCUT2D eigenvalue weighted by Gasteiger charge is 2.20. The van der Waals surface area contributed by atoms with Crippen molar-refractivity contribution in [2.45, 2.75) is 32.4 Å². The Balaban J connectivity index is 1.96. The van der Waals surface area contributed by atoms with E-state index in [1.807, 2.05) is 18.2 Å². The number of methoxy groups -OCH3 is 1. The largest absolute Gasteiger partial charge is 0.497 e. The molecule has 0 aliphatic heterocycles. The van der Waals surface area contributed by atoms with Crippen molar-refractivity contribution < 1.29 is 9.13 Å². The van der Waals surface area contributed by atoms with E-state index in [0.717, 1.165) is 23.4 Å². The van der Waals surface area contributed by atoms with E-state index >= 15 is 0 Å². The molecule has 0 aromatic heterocycles. The minimum absolute atomic E-state index is 0.162. The molecule has 0 amide bonds. The molecule has 2 nitrogen and oxygen atoms in total. The molecule has 2 aromatic carbocycles. The second kappa shape index (κ2) is 5.86. The number of hydrogen-bond acceptors (Lipinski definition) is 2. The number of benzene rings is 2. The van der Waals surface area contributed by atoms with Crippen molar-refractivity contribution >= 4 is 0 Å². The highest BCUT2D eigenvalue weighted by atomic mass is 19.1. The molecule has 3 rings (SSSR count). The predicted molar refractivity (Wildman–Crippen MR) is 83.0 cm³/mol. The van der Waals surface area contributed by atoms with Crippen molar-refractivity contribution in [3.8, 4) is 16.9 Å². The zero-order valence-corrected chi connectivity index (χ0v) is 12.4. The van der Waals surface area contributed by atoms with E-state index in [9.17, 15) is 4.39 Å². The highest BCUT2D eigenvalue weighted by molar-refractivity contribution is 5.69. The number of rotatable bonds is 5. The number of aryl methyl sites for hydroxylation is 1. The second-order valence-corrected chi connectivity index (χ2v) is 5.64. The maximum atomic E-state index is 13.5. The molecule has 0 heterocycles. The van der Waals surface area contributed by atoms with E-state index in [1.54, 1.807) is 14.0 Å². The summed E-state index contributed by atoms with van der Waals surface area (Å²) < 4.78 is 18.8. The molecule has 0 atom stereocenters. The van der Waals surface area contributed by atoms with E-state index in [2.05, 4.69) is 17.4 Å². The third-order valence-corrected chi connectivity index (χ3v) is 3.94. The first-order valence-electron chi connectivity index (χ1n) is 7.34. The van der Waals surface area contributed by atoms with Gasteiger partial charge in [-0.2, -0.15) is 0 Å². The standard InChI is InChI=1S/C18H20FNO/c1-12-9-13(3-8-18(12)19)17-7-6-16(21-2)10-14(17)11-20-15-4-5-15/h3,6-10,15,20H,4-5,11H2,1-2H3. The first-order chi connectivity index (χ1) is 10.2. The molecule has 2 aromatic rings. The van der Waals surface area contributed by atoms with Crippen molar-refractivity contribution in [2.24, 2.45) is 0 Å². The van der Waals surface area contributed by atoms with Crippen LogP contribution in [0.15, 0.2) is 36.4 Å². The Hall–Kier alpha value is -1.87. The van der Waals surface area contributed by atoms with Crippen LogP contribution in [0.1, 0.15) is 24.0 Å². The molecular formula is C18H20FNO. The van der Waals surface area contributed by atoms with Crippen LogP contribution in [0.5, 0.6) is 5.75 Å². The predicted octanol–water partition coefficient (Wildman–Crippen LogP) is 4.06. The average molecular weight is 285 g/mol. The molecule has 0 saturated heterocycles. The van der Waals surface area contributed by atoms with Crippen molar-refractivity contribution in [3.63, 3.8) is 0 Å². The summed E-state index contributed by atoms with van der Waals surface area (Å²) in [5.74, 6) is 0.690. The van der Waals surface area contributed by atoms with Crippen molar-refractivity contribution in [2.75, 3.05) is 7.11 Å². The molecular weight excluding hydrogens is 265 g/mol. The summed E-state index contributed by atoms with van der Waals surface area (Å²) in [5, 5.41) is 3.53. The molecule has 0 unspecified atom stereocenters. The average Bonchev–Trinajstić information content (AvgIpc) is 3.32. The molecule has 1 saturated carbocycles. The van der Waals surface area contributed by atoms with Crippen molar-refractivity contribution in [1.82, 2.24) is 5.32 Å². The highest BCUT2D eigenvalue weighted by Crippen LogP contribution is 2.29. The Morgan fingerprint density at radius 3 is 2.67 bits per heavy atom. The normalized spacial score (nSPS) is 14.2. The molecule has 1 N–H and O–H groups in total. The lowest BCUT2D eigenvalue weighted by atomic mass is 9.97. The summed E-state index contributed by atoms with van der Waals surface area (Å²) in [6, 6.07) is 12.0. The SMILES string of the molecule is COc1ccc(-c2ccc(F)c(C)c2)c(CNC2CC2)c1. The first-order valence-corrected chi connectivity index (χ1v) is 7.34. The van der Waals surface area contributed by atoms with Gasteiger partial charge in [-0.25, -0.2) is 4.39 Å². The van der Waals surface area contributed by atoms with Gasteiger partial charge in [0.25, 0.3) is 0 Å². The van der Waals surface area contributed by atoms with Gasteiger partial charge in [-0.05, 0) is 66.3 Å². The Kier molecular flexibility index (Phi) is 3.93. The minimum atomic E-state index is -0.162. The summed E-state index contributed by atoms with van der Waals surface area (Å²) >= 11 is 0. The zero-order valence-electron chi connectivity index (χ0n) is 12.4. The van der Waals surface area contributed by atoms with E-state index in [4.69, 9.17) is 4.74 Å². The minimum Gasteiger partial charge on any atom is -0.497 e. The Morgan fingerprint density at radius 2 is 2.00 bits per heavy atom. The quantitative estimate of drug-likeness (QED) is 0.894. The van der Waals surface area contributed by atoms with Crippen LogP contribution in [0, 0.1) is 12.7 Å². The summed E-state index contributed by atoms with van der Waals surface area (Å²) in [6.45, 7) is 2.61. The lowest BCUT2D eigenvalue weighted by Crippen LogP contribution is -2.16. The van der Waals surface area contributed by atoms with Crippen LogP contribution in [0.2, 0.25) is 0 Å². The lowest BCUT2D eigenvalue weighted by Gasteiger charge is -2.13. The van der Waals surface area contributed by atoms with Gasteiger partial charge in [0, 0.05) is 12.6 Å². The summed E-state index contributed by atoms with van der Waals surface area (Å²) in [7, 11) is 1.68. The van der Waals surface area contributed by atoms with Crippen LogP contribution in [0.25, 0.3) is 11.1 Å². The van der Waals surface area contributed by atoms with Crippen LogP contribution in [0.4, 0.5) is 4.39 Å². The number of ether oxygens (including phenoxy) is 1. The molecule has 0 spiro atoms. The van der Waals surface area contributed by atoms with Crippen LogP contribution in [-0.2, 0) is 6.54 Å². The molecule has 21 heavy (non-hydrogen) atoms. The van der Waals surface area contributed by atoms with Crippen molar-refractivity contribution in [1.29, 1.82) is 0 Å². The Bertz CT molecular complexity index is 650. The van der Waals surface area contributed by atoms with Crippen LogP contribution < -0.4 is 10.1 Å².